The number of ketones is 1. The maximum Gasteiger partial charge on any atom is 0.131 e. The van der Waals surface area contributed by atoms with E-state index in [2.05, 4.69) is 4.90 Å². The molecule has 22 heavy (non-hydrogen) atoms. The Morgan fingerprint density at radius 1 is 1.23 bits per heavy atom. The average Bonchev–Trinajstić information content (AvgIpc) is 2.53. The van der Waals surface area contributed by atoms with Gasteiger partial charge in [-0.1, -0.05) is 18.6 Å². The van der Waals surface area contributed by atoms with Gasteiger partial charge in [-0.15, -0.1) is 0 Å². The van der Waals surface area contributed by atoms with Gasteiger partial charge < -0.3 is 9.84 Å². The number of aliphatic hydroxyl groups excluding tert-OH is 1. The molecule has 1 saturated heterocycles. The van der Waals surface area contributed by atoms with Crippen LogP contribution in [0.3, 0.4) is 0 Å². The fourth-order valence-corrected chi connectivity index (χ4v) is 2.98. The molecular weight excluding hydrogens is 278 g/mol. The molecule has 2 rings (SSSR count). The highest BCUT2D eigenvalue weighted by atomic mass is 16.5. The van der Waals surface area contributed by atoms with Crippen molar-refractivity contribution in [2.75, 3.05) is 26.3 Å². The summed E-state index contributed by atoms with van der Waals surface area (Å²) in [6.45, 7) is 4.50. The van der Waals surface area contributed by atoms with Crippen LogP contribution in [0, 0.1) is 0 Å². The van der Waals surface area contributed by atoms with E-state index in [9.17, 15) is 4.79 Å². The van der Waals surface area contributed by atoms with Gasteiger partial charge in [0.15, 0.2) is 0 Å². The third-order valence-electron chi connectivity index (χ3n) is 4.20. The van der Waals surface area contributed by atoms with Crippen molar-refractivity contribution in [1.29, 1.82) is 0 Å². The van der Waals surface area contributed by atoms with Gasteiger partial charge in [0.1, 0.15) is 18.1 Å². The van der Waals surface area contributed by atoms with Crippen LogP contribution in [0.25, 0.3) is 0 Å². The van der Waals surface area contributed by atoms with Crippen molar-refractivity contribution >= 4 is 5.78 Å². The summed E-state index contributed by atoms with van der Waals surface area (Å²) in [7, 11) is 0. The lowest BCUT2D eigenvalue weighted by atomic mass is 10.1. The maximum atomic E-state index is 11.5. The molecule has 1 unspecified atom stereocenters. The van der Waals surface area contributed by atoms with Crippen molar-refractivity contribution in [3.05, 3.63) is 29.8 Å². The van der Waals surface area contributed by atoms with Crippen molar-refractivity contribution in [3.63, 3.8) is 0 Å². The van der Waals surface area contributed by atoms with E-state index in [0.717, 1.165) is 24.4 Å². The number of aliphatic hydroxyl groups is 1. The fraction of sp³-hybridized carbons (Fsp3) is 0.611. The van der Waals surface area contributed by atoms with Crippen LogP contribution < -0.4 is 4.74 Å². The van der Waals surface area contributed by atoms with Crippen molar-refractivity contribution in [2.45, 2.75) is 45.1 Å². The number of carbonyl (C=O) groups is 1. The highest BCUT2D eigenvalue weighted by molar-refractivity contribution is 5.76. The molecule has 0 saturated carbocycles. The fourth-order valence-electron chi connectivity index (χ4n) is 2.98. The molecule has 4 nitrogen and oxygen atoms in total. The molecule has 0 aliphatic carbocycles. The number of Topliss-reactive ketones (excluding diaryl/α,β-unsaturated/α-hetero) is 1. The van der Waals surface area contributed by atoms with Gasteiger partial charge in [0, 0.05) is 13.0 Å². The molecule has 122 valence electrons. The largest absolute Gasteiger partial charge is 0.492 e. The van der Waals surface area contributed by atoms with E-state index >= 15 is 0 Å². The molecule has 0 radical (unpaired) electrons. The van der Waals surface area contributed by atoms with Crippen molar-refractivity contribution < 1.29 is 14.6 Å². The molecule has 0 aromatic heterocycles. The second-order valence-electron chi connectivity index (χ2n) is 6.09. The van der Waals surface area contributed by atoms with Crippen LogP contribution in [0.5, 0.6) is 5.75 Å². The third-order valence-corrected chi connectivity index (χ3v) is 4.20. The summed E-state index contributed by atoms with van der Waals surface area (Å²) >= 11 is 0. The molecule has 1 aromatic carbocycles. The highest BCUT2D eigenvalue weighted by Gasteiger charge is 2.22. The zero-order valence-electron chi connectivity index (χ0n) is 13.5. The third kappa shape index (κ3) is 5.43. The first-order chi connectivity index (χ1) is 10.7. The van der Waals surface area contributed by atoms with Crippen molar-refractivity contribution in [3.8, 4) is 5.75 Å². The van der Waals surface area contributed by atoms with Gasteiger partial charge in [-0.05, 0) is 57.0 Å². The molecule has 4 heteroatoms. The lowest BCUT2D eigenvalue weighted by molar-refractivity contribution is -0.118. The van der Waals surface area contributed by atoms with E-state index in [1.165, 1.54) is 19.3 Å². The Balaban J connectivity index is 1.90. The van der Waals surface area contributed by atoms with Crippen LogP contribution in [-0.4, -0.2) is 48.1 Å². The first kappa shape index (κ1) is 17.0. The lowest BCUT2D eigenvalue weighted by Crippen LogP contribution is -2.43. The molecule has 0 amide bonds. The molecule has 1 N–H and O–H groups in total. The van der Waals surface area contributed by atoms with E-state index in [1.807, 2.05) is 24.3 Å². The molecule has 1 aliphatic rings. The predicted octanol–water partition coefficient (Wildman–Crippen LogP) is 2.43. The van der Waals surface area contributed by atoms with Crippen LogP contribution in [0.15, 0.2) is 24.3 Å². The Labute approximate surface area is 133 Å². The maximum absolute atomic E-state index is 11.5. The molecule has 1 fully saturated rings. The molecule has 0 bridgehead atoms. The number of benzene rings is 1. The van der Waals surface area contributed by atoms with Crippen LogP contribution in [0.1, 0.15) is 38.2 Å². The number of rotatable bonds is 8. The molecule has 1 heterocycles. The Hall–Kier alpha value is -1.39. The topological polar surface area (TPSA) is 49.8 Å². The molecule has 0 spiro atoms. The second-order valence-corrected chi connectivity index (χ2v) is 6.09. The van der Waals surface area contributed by atoms with Gasteiger partial charge in [-0.2, -0.15) is 0 Å². The van der Waals surface area contributed by atoms with E-state index in [0.29, 0.717) is 19.4 Å². The molecule has 1 aromatic rings. The van der Waals surface area contributed by atoms with Gasteiger partial charge in [0.05, 0.1) is 6.04 Å². The van der Waals surface area contributed by atoms with E-state index < -0.39 is 0 Å². The monoisotopic (exact) mass is 305 g/mol. The number of carbonyl (C=O) groups excluding carboxylic acids is 1. The quantitative estimate of drug-likeness (QED) is 0.801. The summed E-state index contributed by atoms with van der Waals surface area (Å²) in [4.78, 5) is 13.9. The number of ether oxygens (including phenoxy) is 1. The van der Waals surface area contributed by atoms with Crippen molar-refractivity contribution in [2.24, 2.45) is 0 Å². The normalized spacial score (nSPS) is 17.2. The summed E-state index contributed by atoms with van der Waals surface area (Å²) in [5.74, 6) is 1.05. The lowest BCUT2D eigenvalue weighted by Gasteiger charge is -2.34. The number of piperidine rings is 1. The van der Waals surface area contributed by atoms with Gasteiger partial charge in [-0.3, -0.25) is 9.69 Å². The minimum absolute atomic E-state index is 0.163. The second kappa shape index (κ2) is 8.91. The number of nitrogens with zero attached hydrogens (tertiary/aromatic N) is 1. The Morgan fingerprint density at radius 2 is 1.91 bits per heavy atom. The Morgan fingerprint density at radius 3 is 2.50 bits per heavy atom. The number of hydrogen-bond donors (Lipinski definition) is 1. The van der Waals surface area contributed by atoms with Gasteiger partial charge >= 0.3 is 0 Å². The minimum Gasteiger partial charge on any atom is -0.492 e. The predicted molar refractivity (Wildman–Crippen MR) is 87.2 cm³/mol. The van der Waals surface area contributed by atoms with E-state index in [4.69, 9.17) is 9.84 Å². The highest BCUT2D eigenvalue weighted by Crippen LogP contribution is 2.18. The molecular formula is C18H27NO3. The van der Waals surface area contributed by atoms with Gasteiger partial charge in [0.25, 0.3) is 0 Å². The van der Waals surface area contributed by atoms with Crippen molar-refractivity contribution in [1.82, 2.24) is 4.90 Å². The first-order valence-electron chi connectivity index (χ1n) is 8.25. The summed E-state index contributed by atoms with van der Waals surface area (Å²) in [6.07, 6.45) is 4.94. The number of hydrogen-bond acceptors (Lipinski definition) is 4. The number of likely N-dealkylation sites (tertiary alicyclic amines) is 1. The van der Waals surface area contributed by atoms with E-state index in [-0.39, 0.29) is 18.4 Å². The van der Waals surface area contributed by atoms with Crippen LogP contribution in [0.4, 0.5) is 0 Å². The Bertz CT molecular complexity index is 452. The summed E-state index contributed by atoms with van der Waals surface area (Å²) in [6, 6.07) is 8.01. The zero-order chi connectivity index (χ0) is 15.8. The SMILES string of the molecule is CC(=O)CC(COc1ccc(CCO)cc1)N1CCCCC1. The van der Waals surface area contributed by atoms with Crippen LogP contribution in [-0.2, 0) is 11.2 Å². The van der Waals surface area contributed by atoms with Gasteiger partial charge in [-0.25, -0.2) is 0 Å². The molecule has 1 aliphatic heterocycles. The standard InChI is InChI=1S/C18H27NO3/c1-15(21)13-17(19-10-3-2-4-11-19)14-22-18-7-5-16(6-8-18)9-12-20/h5-8,17,20H,2-4,9-14H2,1H3. The first-order valence-corrected chi connectivity index (χ1v) is 8.25. The average molecular weight is 305 g/mol. The van der Waals surface area contributed by atoms with Gasteiger partial charge in [0.2, 0.25) is 0 Å². The van der Waals surface area contributed by atoms with Crippen LogP contribution >= 0.6 is 0 Å². The summed E-state index contributed by atoms with van der Waals surface area (Å²) < 4.78 is 5.90. The summed E-state index contributed by atoms with van der Waals surface area (Å²) in [5.41, 5.74) is 1.10. The minimum atomic E-state index is 0.163. The van der Waals surface area contributed by atoms with Crippen LogP contribution in [0.2, 0.25) is 0 Å². The van der Waals surface area contributed by atoms with E-state index in [1.54, 1.807) is 6.92 Å². The smallest absolute Gasteiger partial charge is 0.131 e. The summed E-state index contributed by atoms with van der Waals surface area (Å²) in [5, 5.41) is 8.92. The molecule has 1 atom stereocenters. The Kier molecular flexibility index (Phi) is 6.87. The zero-order valence-corrected chi connectivity index (χ0v) is 13.5.